The highest BCUT2D eigenvalue weighted by atomic mass is 32.2. The summed E-state index contributed by atoms with van der Waals surface area (Å²) in [6, 6.07) is 17.4. The van der Waals surface area contributed by atoms with Crippen LogP contribution >= 0.6 is 0 Å². The van der Waals surface area contributed by atoms with Crippen molar-refractivity contribution in [2.45, 2.75) is 13.0 Å². The number of para-hydroxylation sites is 1. The Kier molecular flexibility index (Phi) is 5.36. The number of rotatable bonds is 7. The zero-order chi connectivity index (χ0) is 15.1. The summed E-state index contributed by atoms with van der Waals surface area (Å²) in [6.07, 6.45) is 1.53. The third-order valence-electron chi connectivity index (χ3n) is 2.88. The van der Waals surface area contributed by atoms with Crippen molar-refractivity contribution in [3.05, 3.63) is 65.7 Å². The first kappa shape index (κ1) is 15.5. The fraction of sp³-hybridized carbons (Fsp3) is 0.250. The van der Waals surface area contributed by atoms with Gasteiger partial charge in [-0.15, -0.1) is 0 Å². The molecule has 5 heteroatoms. The Balaban J connectivity index is 1.96. The highest BCUT2D eigenvalue weighted by molar-refractivity contribution is 7.85. The Labute approximate surface area is 125 Å². The maximum atomic E-state index is 11.0. The Morgan fingerprint density at radius 3 is 2.33 bits per heavy atom. The zero-order valence-electron chi connectivity index (χ0n) is 11.9. The van der Waals surface area contributed by atoms with Gasteiger partial charge in [0.25, 0.3) is 10.1 Å². The molecule has 4 nitrogen and oxygen atoms in total. The average molecular weight is 306 g/mol. The van der Waals surface area contributed by atoms with Gasteiger partial charge in [-0.1, -0.05) is 48.5 Å². The molecule has 2 aromatic carbocycles. The molecule has 0 radical (unpaired) electrons. The Bertz CT molecular complexity index is 666. The molecule has 0 atom stereocenters. The molecule has 21 heavy (non-hydrogen) atoms. The van der Waals surface area contributed by atoms with E-state index in [4.69, 9.17) is 8.92 Å². The number of hydrogen-bond acceptors (Lipinski definition) is 4. The minimum absolute atomic E-state index is 0.116. The van der Waals surface area contributed by atoms with Crippen LogP contribution in [-0.2, 0) is 27.3 Å². The van der Waals surface area contributed by atoms with Crippen LogP contribution in [0.3, 0.4) is 0 Å². The van der Waals surface area contributed by atoms with E-state index in [9.17, 15) is 8.42 Å². The van der Waals surface area contributed by atoms with Crippen LogP contribution in [0.4, 0.5) is 0 Å². The highest BCUT2D eigenvalue weighted by Crippen LogP contribution is 2.20. The van der Waals surface area contributed by atoms with Crippen molar-refractivity contribution in [3.8, 4) is 5.75 Å². The standard InChI is InChI=1S/C16H18O4S/c1-21(17,18)20-12-11-15-9-5-6-10-16(15)19-13-14-7-3-2-4-8-14/h2-10H,11-13H2,1H3. The fourth-order valence-electron chi connectivity index (χ4n) is 1.89. The summed E-state index contributed by atoms with van der Waals surface area (Å²) < 4.78 is 32.5. The Morgan fingerprint density at radius 1 is 0.952 bits per heavy atom. The second-order valence-electron chi connectivity index (χ2n) is 4.66. The second-order valence-corrected chi connectivity index (χ2v) is 6.30. The summed E-state index contributed by atoms with van der Waals surface area (Å²) in [4.78, 5) is 0. The molecule has 0 amide bonds. The predicted octanol–water partition coefficient (Wildman–Crippen LogP) is 2.78. The van der Waals surface area contributed by atoms with Gasteiger partial charge in [0.05, 0.1) is 12.9 Å². The summed E-state index contributed by atoms with van der Waals surface area (Å²) in [5.41, 5.74) is 2.01. The van der Waals surface area contributed by atoms with Gasteiger partial charge in [0, 0.05) is 6.42 Å². The predicted molar refractivity (Wildman–Crippen MR) is 81.7 cm³/mol. The van der Waals surface area contributed by atoms with Crippen LogP contribution in [0.15, 0.2) is 54.6 Å². The number of benzene rings is 2. The normalized spacial score (nSPS) is 11.3. The van der Waals surface area contributed by atoms with E-state index in [0.717, 1.165) is 23.1 Å². The van der Waals surface area contributed by atoms with Gasteiger partial charge in [-0.05, 0) is 17.2 Å². The fourth-order valence-corrected chi connectivity index (χ4v) is 2.28. The quantitative estimate of drug-likeness (QED) is 0.738. The van der Waals surface area contributed by atoms with Crippen LogP contribution in [0, 0.1) is 0 Å². The van der Waals surface area contributed by atoms with Crippen molar-refractivity contribution in [1.82, 2.24) is 0 Å². The maximum Gasteiger partial charge on any atom is 0.264 e. The molecule has 0 aliphatic rings. The van der Waals surface area contributed by atoms with Crippen LogP contribution in [0.5, 0.6) is 5.75 Å². The molecule has 0 bridgehead atoms. The lowest BCUT2D eigenvalue weighted by Gasteiger charge is -2.11. The van der Waals surface area contributed by atoms with E-state index in [1.165, 1.54) is 0 Å². The van der Waals surface area contributed by atoms with Crippen LogP contribution < -0.4 is 4.74 Å². The van der Waals surface area contributed by atoms with E-state index < -0.39 is 10.1 Å². The summed E-state index contributed by atoms with van der Waals surface area (Å²) in [6.45, 7) is 0.593. The van der Waals surface area contributed by atoms with Crippen molar-refractivity contribution in [3.63, 3.8) is 0 Å². The van der Waals surface area contributed by atoms with E-state index in [2.05, 4.69) is 0 Å². The van der Waals surface area contributed by atoms with Crippen LogP contribution in [0.25, 0.3) is 0 Å². The van der Waals surface area contributed by atoms with Crippen molar-refractivity contribution in [2.75, 3.05) is 12.9 Å². The molecule has 112 valence electrons. The first-order valence-electron chi connectivity index (χ1n) is 6.63. The lowest BCUT2D eigenvalue weighted by atomic mass is 10.1. The van der Waals surface area contributed by atoms with E-state index in [1.54, 1.807) is 0 Å². The highest BCUT2D eigenvalue weighted by Gasteiger charge is 2.06. The van der Waals surface area contributed by atoms with Crippen LogP contribution in [0.1, 0.15) is 11.1 Å². The summed E-state index contributed by atoms with van der Waals surface area (Å²) in [5, 5.41) is 0. The lowest BCUT2D eigenvalue weighted by molar-refractivity contribution is 0.295. The number of ether oxygens (including phenoxy) is 1. The topological polar surface area (TPSA) is 52.6 Å². The van der Waals surface area contributed by atoms with Gasteiger partial charge < -0.3 is 4.74 Å². The molecular weight excluding hydrogens is 288 g/mol. The number of hydrogen-bond donors (Lipinski definition) is 0. The Morgan fingerprint density at radius 2 is 1.62 bits per heavy atom. The molecule has 0 saturated heterocycles. The molecule has 0 unspecified atom stereocenters. The molecule has 0 aliphatic heterocycles. The second kappa shape index (κ2) is 7.24. The van der Waals surface area contributed by atoms with Gasteiger partial charge in [-0.2, -0.15) is 8.42 Å². The molecule has 0 fully saturated rings. The molecule has 0 aromatic heterocycles. The molecule has 2 rings (SSSR count). The molecule has 0 aliphatic carbocycles. The summed E-state index contributed by atoms with van der Waals surface area (Å²) in [5.74, 6) is 0.749. The maximum absolute atomic E-state index is 11.0. The smallest absolute Gasteiger partial charge is 0.264 e. The van der Waals surface area contributed by atoms with Gasteiger partial charge in [0.15, 0.2) is 0 Å². The van der Waals surface area contributed by atoms with E-state index >= 15 is 0 Å². The van der Waals surface area contributed by atoms with Crippen LogP contribution in [0.2, 0.25) is 0 Å². The van der Waals surface area contributed by atoms with Gasteiger partial charge in [0.2, 0.25) is 0 Å². The molecule has 0 saturated carbocycles. The molecule has 0 N–H and O–H groups in total. The van der Waals surface area contributed by atoms with Crippen molar-refractivity contribution in [1.29, 1.82) is 0 Å². The van der Waals surface area contributed by atoms with Crippen molar-refractivity contribution in [2.24, 2.45) is 0 Å². The molecule has 0 spiro atoms. The summed E-state index contributed by atoms with van der Waals surface area (Å²) >= 11 is 0. The van der Waals surface area contributed by atoms with E-state index in [-0.39, 0.29) is 6.61 Å². The van der Waals surface area contributed by atoms with Gasteiger partial charge in [-0.25, -0.2) is 0 Å². The van der Waals surface area contributed by atoms with Crippen LogP contribution in [-0.4, -0.2) is 21.3 Å². The molecule has 0 heterocycles. The minimum Gasteiger partial charge on any atom is -0.489 e. The zero-order valence-corrected chi connectivity index (χ0v) is 12.7. The van der Waals surface area contributed by atoms with Crippen molar-refractivity contribution < 1.29 is 17.3 Å². The largest absolute Gasteiger partial charge is 0.489 e. The average Bonchev–Trinajstić information content (AvgIpc) is 2.46. The first-order chi connectivity index (χ1) is 10.0. The third-order valence-corrected chi connectivity index (χ3v) is 3.47. The SMILES string of the molecule is CS(=O)(=O)OCCc1ccccc1OCc1ccccc1. The third kappa shape index (κ3) is 5.57. The Hall–Kier alpha value is -1.85. The molecular formula is C16H18O4S. The lowest BCUT2D eigenvalue weighted by Crippen LogP contribution is -2.07. The summed E-state index contributed by atoms with van der Waals surface area (Å²) in [7, 11) is -3.40. The van der Waals surface area contributed by atoms with Crippen molar-refractivity contribution >= 4 is 10.1 Å². The van der Waals surface area contributed by atoms with Gasteiger partial charge in [-0.3, -0.25) is 4.18 Å². The minimum atomic E-state index is -3.40. The molecule has 2 aromatic rings. The van der Waals surface area contributed by atoms with E-state index in [0.29, 0.717) is 13.0 Å². The first-order valence-corrected chi connectivity index (χ1v) is 8.45. The monoisotopic (exact) mass is 306 g/mol. The van der Waals surface area contributed by atoms with Gasteiger partial charge >= 0.3 is 0 Å². The van der Waals surface area contributed by atoms with Gasteiger partial charge in [0.1, 0.15) is 12.4 Å². The van der Waals surface area contributed by atoms with E-state index in [1.807, 2.05) is 54.6 Å².